The summed E-state index contributed by atoms with van der Waals surface area (Å²) in [4.78, 5) is 0. The Hall–Kier alpha value is -0.0400. The molecule has 1 N–H and O–H groups in total. The second-order valence-corrected chi connectivity index (χ2v) is 5.84. The molecule has 0 aromatic heterocycles. The van der Waals surface area contributed by atoms with E-state index in [0.717, 1.165) is 11.8 Å². The zero-order chi connectivity index (χ0) is 12.3. The number of nitrogens with one attached hydrogen (secondary N) is 1. The van der Waals surface area contributed by atoms with E-state index in [1.165, 1.54) is 77.3 Å². The van der Waals surface area contributed by atoms with Gasteiger partial charge in [0.25, 0.3) is 0 Å². The van der Waals surface area contributed by atoms with Gasteiger partial charge in [-0.15, -0.1) is 0 Å². The van der Waals surface area contributed by atoms with Crippen molar-refractivity contribution >= 4 is 0 Å². The number of hydrogen-bond donors (Lipinski definition) is 1. The summed E-state index contributed by atoms with van der Waals surface area (Å²) >= 11 is 0. The normalized spacial score (nSPS) is 27.2. The quantitative estimate of drug-likeness (QED) is 0.704. The average molecular weight is 239 g/mol. The Morgan fingerprint density at radius 1 is 0.824 bits per heavy atom. The molecular weight excluding hydrogens is 206 g/mol. The standard InChI is InChI=1S/C16H33N/c1-3-5-9-15-11-7-13-17-14-8-12-16(15)10-6-4-2/h15-17H,3-14H2,1-2H3. The Morgan fingerprint density at radius 3 is 1.71 bits per heavy atom. The fourth-order valence-corrected chi connectivity index (χ4v) is 3.27. The molecule has 0 amide bonds. The lowest BCUT2D eigenvalue weighted by Gasteiger charge is -2.26. The Morgan fingerprint density at radius 2 is 1.29 bits per heavy atom. The van der Waals surface area contributed by atoms with Gasteiger partial charge in [-0.3, -0.25) is 0 Å². The molecule has 0 aromatic rings. The van der Waals surface area contributed by atoms with Crippen molar-refractivity contribution in [3.8, 4) is 0 Å². The van der Waals surface area contributed by atoms with Crippen molar-refractivity contribution < 1.29 is 0 Å². The van der Waals surface area contributed by atoms with E-state index >= 15 is 0 Å². The number of unbranched alkanes of at least 4 members (excludes halogenated alkanes) is 2. The molecule has 1 aliphatic rings. The molecule has 1 rings (SSSR count). The minimum Gasteiger partial charge on any atom is -0.317 e. The van der Waals surface area contributed by atoms with E-state index in [-0.39, 0.29) is 0 Å². The Kier molecular flexibility index (Phi) is 8.78. The molecule has 1 saturated heterocycles. The Labute approximate surface area is 109 Å². The summed E-state index contributed by atoms with van der Waals surface area (Å²) in [6, 6.07) is 0. The molecule has 2 atom stereocenters. The van der Waals surface area contributed by atoms with Crippen molar-refractivity contribution in [3.63, 3.8) is 0 Å². The molecule has 0 aromatic carbocycles. The van der Waals surface area contributed by atoms with Crippen LogP contribution in [-0.2, 0) is 0 Å². The van der Waals surface area contributed by atoms with Gasteiger partial charge in [-0.1, -0.05) is 52.4 Å². The van der Waals surface area contributed by atoms with E-state index in [9.17, 15) is 0 Å². The summed E-state index contributed by atoms with van der Waals surface area (Å²) in [5.41, 5.74) is 0. The molecule has 0 aliphatic carbocycles. The van der Waals surface area contributed by atoms with Crippen molar-refractivity contribution in [3.05, 3.63) is 0 Å². The van der Waals surface area contributed by atoms with Gasteiger partial charge >= 0.3 is 0 Å². The molecule has 1 aliphatic heterocycles. The highest BCUT2D eigenvalue weighted by Gasteiger charge is 2.20. The van der Waals surface area contributed by atoms with Crippen LogP contribution in [0.3, 0.4) is 0 Å². The van der Waals surface area contributed by atoms with E-state index in [1.807, 2.05) is 0 Å². The first-order chi connectivity index (χ1) is 8.38. The lowest BCUT2D eigenvalue weighted by molar-refractivity contribution is 0.251. The molecule has 0 bridgehead atoms. The Bertz CT molecular complexity index is 149. The third-order valence-electron chi connectivity index (χ3n) is 4.38. The summed E-state index contributed by atoms with van der Waals surface area (Å²) in [5.74, 6) is 2.06. The molecule has 1 heterocycles. The first-order valence-electron chi connectivity index (χ1n) is 8.09. The van der Waals surface area contributed by atoms with Crippen LogP contribution in [0.2, 0.25) is 0 Å². The van der Waals surface area contributed by atoms with Gasteiger partial charge in [0.05, 0.1) is 0 Å². The number of hydrogen-bond acceptors (Lipinski definition) is 1. The molecule has 0 radical (unpaired) electrons. The lowest BCUT2D eigenvalue weighted by Crippen LogP contribution is -2.15. The number of rotatable bonds is 6. The van der Waals surface area contributed by atoms with E-state index in [4.69, 9.17) is 0 Å². The fourth-order valence-electron chi connectivity index (χ4n) is 3.27. The van der Waals surface area contributed by atoms with Crippen LogP contribution < -0.4 is 5.32 Å². The van der Waals surface area contributed by atoms with Gasteiger partial charge in [0.15, 0.2) is 0 Å². The summed E-state index contributed by atoms with van der Waals surface area (Å²) < 4.78 is 0. The van der Waals surface area contributed by atoms with Gasteiger partial charge in [-0.05, 0) is 50.6 Å². The van der Waals surface area contributed by atoms with Crippen LogP contribution in [-0.4, -0.2) is 13.1 Å². The van der Waals surface area contributed by atoms with Gasteiger partial charge in [-0.2, -0.15) is 0 Å². The molecule has 102 valence electrons. The zero-order valence-corrected chi connectivity index (χ0v) is 12.1. The molecule has 17 heavy (non-hydrogen) atoms. The maximum atomic E-state index is 3.58. The maximum Gasteiger partial charge on any atom is -0.00488 e. The fraction of sp³-hybridized carbons (Fsp3) is 1.00. The summed E-state index contributed by atoms with van der Waals surface area (Å²) in [6.07, 6.45) is 14.4. The highest BCUT2D eigenvalue weighted by Crippen LogP contribution is 2.31. The minimum absolute atomic E-state index is 1.03. The van der Waals surface area contributed by atoms with Crippen LogP contribution in [0, 0.1) is 11.8 Å². The second kappa shape index (κ2) is 9.94. The first-order valence-corrected chi connectivity index (χ1v) is 8.09. The van der Waals surface area contributed by atoms with E-state index in [2.05, 4.69) is 19.2 Å². The van der Waals surface area contributed by atoms with Crippen LogP contribution >= 0.6 is 0 Å². The second-order valence-electron chi connectivity index (χ2n) is 5.84. The molecule has 2 unspecified atom stereocenters. The van der Waals surface area contributed by atoms with Crippen LogP contribution in [0.25, 0.3) is 0 Å². The topological polar surface area (TPSA) is 12.0 Å². The maximum absolute atomic E-state index is 3.58. The van der Waals surface area contributed by atoms with Gasteiger partial charge < -0.3 is 5.32 Å². The third kappa shape index (κ3) is 6.45. The molecular formula is C16H33N. The lowest BCUT2D eigenvalue weighted by atomic mass is 9.79. The average Bonchev–Trinajstić information content (AvgIpc) is 2.46. The predicted molar refractivity (Wildman–Crippen MR) is 77.4 cm³/mol. The SMILES string of the molecule is CCCCC1CCCNCCCC1CCCC. The molecule has 1 nitrogen and oxygen atoms in total. The summed E-state index contributed by atoms with van der Waals surface area (Å²) in [6.45, 7) is 7.17. The van der Waals surface area contributed by atoms with Crippen LogP contribution in [0.5, 0.6) is 0 Å². The van der Waals surface area contributed by atoms with E-state index < -0.39 is 0 Å². The van der Waals surface area contributed by atoms with Crippen LogP contribution in [0.4, 0.5) is 0 Å². The first kappa shape index (κ1) is 15.0. The molecule has 1 fully saturated rings. The highest BCUT2D eigenvalue weighted by molar-refractivity contribution is 4.73. The minimum atomic E-state index is 1.03. The van der Waals surface area contributed by atoms with Crippen LogP contribution in [0.1, 0.15) is 78.1 Å². The van der Waals surface area contributed by atoms with Crippen molar-refractivity contribution in [2.75, 3.05) is 13.1 Å². The smallest absolute Gasteiger partial charge is 0.00488 e. The van der Waals surface area contributed by atoms with Crippen molar-refractivity contribution in [1.29, 1.82) is 0 Å². The van der Waals surface area contributed by atoms with Gasteiger partial charge in [-0.25, -0.2) is 0 Å². The molecule has 0 saturated carbocycles. The van der Waals surface area contributed by atoms with Gasteiger partial charge in [0.1, 0.15) is 0 Å². The van der Waals surface area contributed by atoms with Crippen LogP contribution in [0.15, 0.2) is 0 Å². The highest BCUT2D eigenvalue weighted by atomic mass is 14.8. The molecule has 0 spiro atoms. The Balaban J connectivity index is 2.45. The summed E-state index contributed by atoms with van der Waals surface area (Å²) in [7, 11) is 0. The van der Waals surface area contributed by atoms with Crippen molar-refractivity contribution in [1.82, 2.24) is 5.32 Å². The predicted octanol–water partition coefficient (Wildman–Crippen LogP) is 4.76. The summed E-state index contributed by atoms with van der Waals surface area (Å²) in [5, 5.41) is 3.58. The van der Waals surface area contributed by atoms with Crippen molar-refractivity contribution in [2.45, 2.75) is 78.1 Å². The largest absolute Gasteiger partial charge is 0.317 e. The van der Waals surface area contributed by atoms with Crippen molar-refractivity contribution in [2.24, 2.45) is 11.8 Å². The van der Waals surface area contributed by atoms with E-state index in [1.54, 1.807) is 0 Å². The third-order valence-corrected chi connectivity index (χ3v) is 4.38. The van der Waals surface area contributed by atoms with E-state index in [0.29, 0.717) is 0 Å². The monoisotopic (exact) mass is 239 g/mol. The van der Waals surface area contributed by atoms with Gasteiger partial charge in [0, 0.05) is 0 Å². The zero-order valence-electron chi connectivity index (χ0n) is 12.1. The van der Waals surface area contributed by atoms with Gasteiger partial charge in [0.2, 0.25) is 0 Å². The molecule has 1 heteroatoms.